The van der Waals surface area contributed by atoms with Crippen LogP contribution < -0.4 is 0 Å². The van der Waals surface area contributed by atoms with E-state index in [1.54, 1.807) is 6.20 Å². The largest absolute Gasteiger partial charge is 0.416 e. The summed E-state index contributed by atoms with van der Waals surface area (Å²) >= 11 is 0. The molecule has 0 fully saturated rings. The molecule has 3 aromatic rings. The van der Waals surface area contributed by atoms with Gasteiger partial charge in [-0.25, -0.2) is 4.98 Å². The molecule has 0 saturated heterocycles. The third kappa shape index (κ3) is 2.63. The van der Waals surface area contributed by atoms with Gasteiger partial charge < -0.3 is 4.57 Å². The summed E-state index contributed by atoms with van der Waals surface area (Å²) in [4.78, 5) is 4.34. The molecule has 0 bridgehead atoms. The number of alkyl halides is 3. The average molecular weight is 290 g/mol. The lowest BCUT2D eigenvalue weighted by Crippen LogP contribution is -2.05. The fourth-order valence-electron chi connectivity index (χ4n) is 2.41. The lowest BCUT2D eigenvalue weighted by atomic mass is 10.1. The third-order valence-corrected chi connectivity index (χ3v) is 3.47. The highest BCUT2D eigenvalue weighted by molar-refractivity contribution is 5.80. The number of nitrogens with zero attached hydrogens (tertiary/aromatic N) is 2. The van der Waals surface area contributed by atoms with Crippen molar-refractivity contribution in [3.63, 3.8) is 0 Å². The maximum Gasteiger partial charge on any atom is 0.416 e. The van der Waals surface area contributed by atoms with E-state index in [1.165, 1.54) is 12.1 Å². The van der Waals surface area contributed by atoms with Crippen LogP contribution in [0, 0.1) is 6.92 Å². The molecule has 0 spiro atoms. The van der Waals surface area contributed by atoms with Crippen molar-refractivity contribution in [3.05, 3.63) is 65.5 Å². The van der Waals surface area contributed by atoms with Crippen molar-refractivity contribution in [3.8, 4) is 0 Å². The van der Waals surface area contributed by atoms with E-state index in [0.717, 1.165) is 34.3 Å². The molecule has 1 aromatic carbocycles. The van der Waals surface area contributed by atoms with Crippen LogP contribution in [-0.2, 0) is 12.7 Å². The molecule has 2 aromatic heterocycles. The van der Waals surface area contributed by atoms with Gasteiger partial charge in [0.05, 0.1) is 5.56 Å². The Kier molecular flexibility index (Phi) is 3.20. The molecule has 0 saturated carbocycles. The van der Waals surface area contributed by atoms with Crippen LogP contribution in [-0.4, -0.2) is 9.55 Å². The Morgan fingerprint density at radius 3 is 2.48 bits per heavy atom. The summed E-state index contributed by atoms with van der Waals surface area (Å²) in [5.74, 6) is 0. The summed E-state index contributed by atoms with van der Waals surface area (Å²) in [6, 6.07) is 9.10. The van der Waals surface area contributed by atoms with Crippen LogP contribution in [0.3, 0.4) is 0 Å². The van der Waals surface area contributed by atoms with Crippen molar-refractivity contribution < 1.29 is 13.2 Å². The van der Waals surface area contributed by atoms with Crippen LogP contribution in [0.25, 0.3) is 11.0 Å². The maximum absolute atomic E-state index is 12.5. The molecular weight excluding hydrogens is 277 g/mol. The molecule has 0 N–H and O–H groups in total. The number of hydrogen-bond donors (Lipinski definition) is 0. The molecule has 0 aliphatic rings. The molecule has 3 rings (SSSR count). The number of pyridine rings is 1. The zero-order chi connectivity index (χ0) is 15.0. The highest BCUT2D eigenvalue weighted by Gasteiger charge is 2.29. The summed E-state index contributed by atoms with van der Waals surface area (Å²) in [5, 5.41) is 1.06. The molecule has 0 radical (unpaired) electrons. The molecule has 0 amide bonds. The summed E-state index contributed by atoms with van der Waals surface area (Å²) in [6.45, 7) is 2.49. The maximum atomic E-state index is 12.5. The van der Waals surface area contributed by atoms with Gasteiger partial charge in [0, 0.05) is 24.3 Å². The van der Waals surface area contributed by atoms with Crippen LogP contribution in [0.15, 0.2) is 48.8 Å². The van der Waals surface area contributed by atoms with Crippen molar-refractivity contribution in [1.82, 2.24) is 9.55 Å². The van der Waals surface area contributed by atoms with E-state index in [0.29, 0.717) is 6.54 Å². The zero-order valence-corrected chi connectivity index (χ0v) is 11.4. The van der Waals surface area contributed by atoms with E-state index in [4.69, 9.17) is 0 Å². The van der Waals surface area contributed by atoms with E-state index in [9.17, 15) is 13.2 Å². The predicted octanol–water partition coefficient (Wildman–Crippen LogP) is 4.41. The Bertz CT molecular complexity index is 770. The van der Waals surface area contributed by atoms with E-state index in [1.807, 2.05) is 29.8 Å². The molecule has 2 nitrogen and oxygen atoms in total. The second kappa shape index (κ2) is 4.91. The Morgan fingerprint density at radius 2 is 1.81 bits per heavy atom. The predicted molar refractivity (Wildman–Crippen MR) is 75.0 cm³/mol. The minimum absolute atomic E-state index is 0.499. The lowest BCUT2D eigenvalue weighted by molar-refractivity contribution is -0.137. The van der Waals surface area contributed by atoms with Gasteiger partial charge in [-0.1, -0.05) is 12.1 Å². The average Bonchev–Trinajstić information content (AvgIpc) is 2.76. The molecule has 108 valence electrons. The molecule has 0 atom stereocenters. The molecule has 2 heterocycles. The molecule has 21 heavy (non-hydrogen) atoms. The third-order valence-electron chi connectivity index (χ3n) is 3.47. The monoisotopic (exact) mass is 290 g/mol. The van der Waals surface area contributed by atoms with Crippen LogP contribution in [0.2, 0.25) is 0 Å². The first-order chi connectivity index (χ1) is 9.95. The highest BCUT2D eigenvalue weighted by atomic mass is 19.4. The van der Waals surface area contributed by atoms with Gasteiger partial charge in [0.15, 0.2) is 0 Å². The minimum atomic E-state index is -4.29. The summed E-state index contributed by atoms with van der Waals surface area (Å²) in [5.41, 5.74) is 2.13. The molecular formula is C16H13F3N2. The number of benzene rings is 1. The van der Waals surface area contributed by atoms with Gasteiger partial charge >= 0.3 is 6.18 Å². The van der Waals surface area contributed by atoms with Crippen molar-refractivity contribution >= 4 is 11.0 Å². The molecule has 0 unspecified atom stereocenters. The van der Waals surface area contributed by atoms with Gasteiger partial charge in [-0.15, -0.1) is 0 Å². The second-order valence-electron chi connectivity index (χ2n) is 5.01. The first kappa shape index (κ1) is 13.7. The second-order valence-corrected chi connectivity index (χ2v) is 5.01. The van der Waals surface area contributed by atoms with Crippen LogP contribution in [0.1, 0.15) is 16.7 Å². The van der Waals surface area contributed by atoms with Crippen LogP contribution >= 0.6 is 0 Å². The Hall–Kier alpha value is -2.30. The van der Waals surface area contributed by atoms with Gasteiger partial charge in [0.25, 0.3) is 0 Å². The van der Waals surface area contributed by atoms with Crippen molar-refractivity contribution in [2.45, 2.75) is 19.6 Å². The molecule has 5 heteroatoms. The smallest absolute Gasteiger partial charge is 0.328 e. The number of rotatable bonds is 2. The SMILES string of the molecule is Cc1cn(Cc2ccc(C(F)(F)F)cc2)c2ncccc12. The molecule has 0 aliphatic heterocycles. The minimum Gasteiger partial charge on any atom is -0.328 e. The van der Waals surface area contributed by atoms with Crippen molar-refractivity contribution in [1.29, 1.82) is 0 Å². The van der Waals surface area contributed by atoms with E-state index in [-0.39, 0.29) is 0 Å². The number of aryl methyl sites for hydroxylation is 1. The first-order valence-corrected chi connectivity index (χ1v) is 6.52. The van der Waals surface area contributed by atoms with E-state index < -0.39 is 11.7 Å². The summed E-state index contributed by atoms with van der Waals surface area (Å²) in [6.07, 6.45) is -0.614. The Labute approximate surface area is 119 Å². The van der Waals surface area contributed by atoms with E-state index in [2.05, 4.69) is 4.98 Å². The summed E-state index contributed by atoms with van der Waals surface area (Å²) in [7, 11) is 0. The highest BCUT2D eigenvalue weighted by Crippen LogP contribution is 2.29. The van der Waals surface area contributed by atoms with Gasteiger partial charge in [-0.05, 0) is 42.3 Å². The number of aromatic nitrogens is 2. The standard InChI is InChI=1S/C16H13F3N2/c1-11-9-21(15-14(11)3-2-8-20-15)10-12-4-6-13(7-5-12)16(17,18)19/h2-9H,10H2,1H3. The van der Waals surface area contributed by atoms with Crippen molar-refractivity contribution in [2.75, 3.05) is 0 Å². The van der Waals surface area contributed by atoms with Gasteiger partial charge in [-0.2, -0.15) is 13.2 Å². The Morgan fingerprint density at radius 1 is 1.10 bits per heavy atom. The van der Waals surface area contributed by atoms with Gasteiger partial charge in [0.2, 0.25) is 0 Å². The van der Waals surface area contributed by atoms with Crippen molar-refractivity contribution in [2.24, 2.45) is 0 Å². The Balaban J connectivity index is 1.92. The molecule has 0 aliphatic carbocycles. The fourth-order valence-corrected chi connectivity index (χ4v) is 2.41. The lowest BCUT2D eigenvalue weighted by Gasteiger charge is -2.08. The topological polar surface area (TPSA) is 17.8 Å². The summed E-state index contributed by atoms with van der Waals surface area (Å²) < 4.78 is 39.6. The van der Waals surface area contributed by atoms with E-state index >= 15 is 0 Å². The fraction of sp³-hybridized carbons (Fsp3) is 0.188. The quantitative estimate of drug-likeness (QED) is 0.683. The normalized spacial score (nSPS) is 12.0. The number of halogens is 3. The van der Waals surface area contributed by atoms with Crippen LogP contribution in [0.4, 0.5) is 13.2 Å². The first-order valence-electron chi connectivity index (χ1n) is 6.52. The number of hydrogen-bond acceptors (Lipinski definition) is 1. The van der Waals surface area contributed by atoms with Gasteiger partial charge in [0.1, 0.15) is 5.65 Å². The van der Waals surface area contributed by atoms with Crippen LogP contribution in [0.5, 0.6) is 0 Å². The van der Waals surface area contributed by atoms with Gasteiger partial charge in [-0.3, -0.25) is 0 Å². The number of fused-ring (bicyclic) bond motifs is 1. The zero-order valence-electron chi connectivity index (χ0n) is 11.4.